The van der Waals surface area contributed by atoms with Crippen LogP contribution < -0.4 is 16.8 Å². The third kappa shape index (κ3) is 5.11. The molecule has 0 bridgehead atoms. The average molecular weight is 341 g/mol. The van der Waals surface area contributed by atoms with Gasteiger partial charge in [0, 0.05) is 13.1 Å². The number of urea groups is 1. The van der Waals surface area contributed by atoms with E-state index in [0.717, 1.165) is 24.1 Å². The zero-order valence-electron chi connectivity index (χ0n) is 13.3. The Morgan fingerprint density at radius 2 is 2.09 bits per heavy atom. The number of rotatable bonds is 5. The minimum absolute atomic E-state index is 0. The maximum atomic E-state index is 12.5. The zero-order valence-corrected chi connectivity index (χ0v) is 14.1. The molecular weight excluding hydrogens is 316 g/mol. The van der Waals surface area contributed by atoms with Crippen molar-refractivity contribution in [2.45, 2.75) is 25.8 Å². The molecule has 128 valence electrons. The SMILES string of the molecule is Cc1ccccc1C(CC(=O)N1CCC(CN)C1)NC(N)=O.Cl. The highest BCUT2D eigenvalue weighted by Gasteiger charge is 2.28. The summed E-state index contributed by atoms with van der Waals surface area (Å²) in [5.41, 5.74) is 12.9. The maximum Gasteiger partial charge on any atom is 0.312 e. The Labute approximate surface area is 143 Å². The first-order valence-electron chi connectivity index (χ1n) is 7.60. The monoisotopic (exact) mass is 340 g/mol. The van der Waals surface area contributed by atoms with Crippen LogP contribution in [0.2, 0.25) is 0 Å². The zero-order chi connectivity index (χ0) is 16.1. The summed E-state index contributed by atoms with van der Waals surface area (Å²) in [6.45, 7) is 3.99. The summed E-state index contributed by atoms with van der Waals surface area (Å²) in [5.74, 6) is 0.405. The summed E-state index contributed by atoms with van der Waals surface area (Å²) in [4.78, 5) is 25.6. The van der Waals surface area contributed by atoms with Gasteiger partial charge in [0.05, 0.1) is 12.5 Å². The van der Waals surface area contributed by atoms with Gasteiger partial charge in [0.1, 0.15) is 0 Å². The average Bonchev–Trinajstić information content (AvgIpc) is 2.95. The molecule has 23 heavy (non-hydrogen) atoms. The third-order valence-corrected chi connectivity index (χ3v) is 4.23. The van der Waals surface area contributed by atoms with Crippen LogP contribution in [0, 0.1) is 12.8 Å². The highest BCUT2D eigenvalue weighted by molar-refractivity contribution is 5.85. The van der Waals surface area contributed by atoms with Crippen molar-refractivity contribution >= 4 is 24.3 Å². The van der Waals surface area contributed by atoms with Crippen LogP contribution in [0.1, 0.15) is 30.0 Å². The number of primary amides is 1. The molecule has 7 heteroatoms. The van der Waals surface area contributed by atoms with E-state index in [1.807, 2.05) is 36.1 Å². The lowest BCUT2D eigenvalue weighted by Gasteiger charge is -2.23. The van der Waals surface area contributed by atoms with Crippen molar-refractivity contribution < 1.29 is 9.59 Å². The molecule has 3 amide bonds. The van der Waals surface area contributed by atoms with Crippen LogP contribution >= 0.6 is 12.4 Å². The van der Waals surface area contributed by atoms with Crippen LogP contribution in [0.25, 0.3) is 0 Å². The molecule has 0 saturated carbocycles. The van der Waals surface area contributed by atoms with E-state index in [1.165, 1.54) is 0 Å². The summed E-state index contributed by atoms with van der Waals surface area (Å²) in [6, 6.07) is 6.66. The van der Waals surface area contributed by atoms with E-state index < -0.39 is 12.1 Å². The normalized spacial score (nSPS) is 18.2. The standard InChI is InChI=1S/C16H24N4O2.ClH/c1-11-4-2-3-5-13(11)14(19-16(18)22)8-15(21)20-7-6-12(9-17)10-20;/h2-5,12,14H,6-10,17H2,1H3,(H3,18,19,22);1H. The van der Waals surface area contributed by atoms with Gasteiger partial charge in [0.15, 0.2) is 0 Å². The Morgan fingerprint density at radius 1 is 1.39 bits per heavy atom. The lowest BCUT2D eigenvalue weighted by molar-refractivity contribution is -0.130. The van der Waals surface area contributed by atoms with Crippen molar-refractivity contribution in [3.8, 4) is 0 Å². The summed E-state index contributed by atoms with van der Waals surface area (Å²) in [6.07, 6.45) is 1.16. The molecule has 1 aromatic carbocycles. The first-order chi connectivity index (χ1) is 10.5. The van der Waals surface area contributed by atoms with Crippen LogP contribution in [0.15, 0.2) is 24.3 Å². The number of amides is 3. The van der Waals surface area contributed by atoms with Gasteiger partial charge in [0.2, 0.25) is 5.91 Å². The summed E-state index contributed by atoms with van der Waals surface area (Å²) in [5, 5.41) is 2.68. The van der Waals surface area contributed by atoms with Crippen molar-refractivity contribution in [2.75, 3.05) is 19.6 Å². The molecule has 1 aromatic rings. The summed E-state index contributed by atoms with van der Waals surface area (Å²) in [7, 11) is 0. The first kappa shape index (κ1) is 19.3. The van der Waals surface area contributed by atoms with Gasteiger partial charge in [-0.25, -0.2) is 4.79 Å². The number of benzene rings is 1. The lowest BCUT2D eigenvalue weighted by Crippen LogP contribution is -2.38. The number of halogens is 1. The molecule has 1 saturated heterocycles. The highest BCUT2D eigenvalue weighted by atomic mass is 35.5. The fraction of sp³-hybridized carbons (Fsp3) is 0.500. The molecule has 0 radical (unpaired) electrons. The van der Waals surface area contributed by atoms with E-state index in [0.29, 0.717) is 19.0 Å². The number of carbonyl (C=O) groups excluding carboxylic acids is 2. The molecule has 1 aliphatic rings. The van der Waals surface area contributed by atoms with Crippen molar-refractivity contribution in [2.24, 2.45) is 17.4 Å². The number of hydrogen-bond acceptors (Lipinski definition) is 3. The van der Waals surface area contributed by atoms with Gasteiger partial charge in [-0.15, -0.1) is 12.4 Å². The maximum absolute atomic E-state index is 12.5. The number of nitrogens with one attached hydrogen (secondary N) is 1. The van der Waals surface area contributed by atoms with E-state index in [-0.39, 0.29) is 24.7 Å². The second kappa shape index (κ2) is 8.74. The molecular formula is C16H25ClN4O2. The molecule has 2 rings (SSSR count). The molecule has 0 spiro atoms. The molecule has 2 atom stereocenters. The van der Waals surface area contributed by atoms with Crippen molar-refractivity contribution in [3.05, 3.63) is 35.4 Å². The molecule has 5 N–H and O–H groups in total. The van der Waals surface area contributed by atoms with Crippen LogP contribution in [0.4, 0.5) is 4.79 Å². The first-order valence-corrected chi connectivity index (χ1v) is 7.60. The number of nitrogens with zero attached hydrogens (tertiary/aromatic N) is 1. The van der Waals surface area contributed by atoms with Gasteiger partial charge >= 0.3 is 6.03 Å². The van der Waals surface area contributed by atoms with Gasteiger partial charge in [-0.3, -0.25) is 4.79 Å². The van der Waals surface area contributed by atoms with E-state index in [9.17, 15) is 9.59 Å². The Bertz CT molecular complexity index is 553. The Morgan fingerprint density at radius 3 is 2.65 bits per heavy atom. The summed E-state index contributed by atoms with van der Waals surface area (Å²) < 4.78 is 0. The van der Waals surface area contributed by atoms with Crippen LogP contribution in [0.5, 0.6) is 0 Å². The Hall–Kier alpha value is -1.79. The van der Waals surface area contributed by atoms with Crippen LogP contribution in [-0.2, 0) is 4.79 Å². The lowest BCUT2D eigenvalue weighted by atomic mass is 9.98. The van der Waals surface area contributed by atoms with Gasteiger partial charge in [-0.05, 0) is 36.9 Å². The fourth-order valence-corrected chi connectivity index (χ4v) is 2.94. The Balaban J connectivity index is 0.00000264. The van der Waals surface area contributed by atoms with Crippen molar-refractivity contribution in [1.82, 2.24) is 10.2 Å². The molecule has 2 unspecified atom stereocenters. The molecule has 0 aliphatic carbocycles. The van der Waals surface area contributed by atoms with Gasteiger partial charge < -0.3 is 21.7 Å². The second-order valence-electron chi connectivity index (χ2n) is 5.85. The minimum atomic E-state index is -0.623. The molecule has 6 nitrogen and oxygen atoms in total. The van der Waals surface area contributed by atoms with Gasteiger partial charge in [-0.2, -0.15) is 0 Å². The van der Waals surface area contributed by atoms with Crippen LogP contribution in [-0.4, -0.2) is 36.5 Å². The fourth-order valence-electron chi connectivity index (χ4n) is 2.94. The van der Waals surface area contributed by atoms with E-state index >= 15 is 0 Å². The number of aryl methyl sites for hydroxylation is 1. The predicted octanol–water partition coefficient (Wildman–Crippen LogP) is 1.32. The predicted molar refractivity (Wildman–Crippen MR) is 92.2 cm³/mol. The van der Waals surface area contributed by atoms with Crippen LogP contribution in [0.3, 0.4) is 0 Å². The summed E-state index contributed by atoms with van der Waals surface area (Å²) >= 11 is 0. The quantitative estimate of drug-likeness (QED) is 0.753. The third-order valence-electron chi connectivity index (χ3n) is 4.23. The molecule has 0 aromatic heterocycles. The largest absolute Gasteiger partial charge is 0.352 e. The second-order valence-corrected chi connectivity index (χ2v) is 5.85. The highest BCUT2D eigenvalue weighted by Crippen LogP contribution is 2.23. The van der Waals surface area contributed by atoms with Crippen molar-refractivity contribution in [3.63, 3.8) is 0 Å². The van der Waals surface area contributed by atoms with Crippen molar-refractivity contribution in [1.29, 1.82) is 0 Å². The molecule has 1 heterocycles. The van der Waals surface area contributed by atoms with E-state index in [1.54, 1.807) is 0 Å². The smallest absolute Gasteiger partial charge is 0.312 e. The van der Waals surface area contributed by atoms with Gasteiger partial charge in [0.25, 0.3) is 0 Å². The number of hydrogen-bond donors (Lipinski definition) is 3. The Kier molecular flexibility index (Phi) is 7.32. The minimum Gasteiger partial charge on any atom is -0.352 e. The number of likely N-dealkylation sites (tertiary alicyclic amines) is 1. The van der Waals surface area contributed by atoms with Gasteiger partial charge in [-0.1, -0.05) is 24.3 Å². The number of carbonyl (C=O) groups is 2. The molecule has 1 fully saturated rings. The topological polar surface area (TPSA) is 101 Å². The van der Waals surface area contributed by atoms with E-state index in [4.69, 9.17) is 11.5 Å². The molecule has 1 aliphatic heterocycles. The van der Waals surface area contributed by atoms with E-state index in [2.05, 4.69) is 5.32 Å². The number of nitrogens with two attached hydrogens (primary N) is 2.